The molecule has 0 bridgehead atoms. The van der Waals surface area contributed by atoms with E-state index in [9.17, 15) is 22.5 Å². The second-order valence-corrected chi connectivity index (χ2v) is 12.8. The Balaban J connectivity index is 2.02. The van der Waals surface area contributed by atoms with E-state index in [2.05, 4.69) is 5.32 Å². The molecule has 0 saturated heterocycles. The van der Waals surface area contributed by atoms with Crippen LogP contribution in [0.3, 0.4) is 0 Å². The van der Waals surface area contributed by atoms with E-state index in [0.717, 1.165) is 17.7 Å². The summed E-state index contributed by atoms with van der Waals surface area (Å²) in [7, 11) is -2.24. The number of benzene rings is 2. The summed E-state index contributed by atoms with van der Waals surface area (Å²) in [5.74, 6) is -1.91. The number of carbonyl (C=O) groups excluding carboxylic acids is 1. The third kappa shape index (κ3) is 8.57. The van der Waals surface area contributed by atoms with Crippen LogP contribution in [0.4, 0.5) is 13.2 Å². The van der Waals surface area contributed by atoms with Crippen LogP contribution in [-0.2, 0) is 35.9 Å². The average Bonchev–Trinajstić information content (AvgIpc) is 2.87. The van der Waals surface area contributed by atoms with E-state index in [4.69, 9.17) is 13.8 Å². The quantitative estimate of drug-likeness (QED) is 0.196. The summed E-state index contributed by atoms with van der Waals surface area (Å²) >= 11 is 0. The van der Waals surface area contributed by atoms with Crippen LogP contribution in [0.15, 0.2) is 76.9 Å². The summed E-state index contributed by atoms with van der Waals surface area (Å²) in [6.07, 6.45) is -5.71. The highest BCUT2D eigenvalue weighted by Gasteiger charge is 2.46. The lowest BCUT2D eigenvalue weighted by Gasteiger charge is -2.36. The molecule has 0 aliphatic carbocycles. The van der Waals surface area contributed by atoms with Gasteiger partial charge in [-0.2, -0.15) is 13.2 Å². The van der Waals surface area contributed by atoms with Crippen LogP contribution in [0.1, 0.15) is 64.2 Å². The summed E-state index contributed by atoms with van der Waals surface area (Å²) in [6.45, 7) is 11.1. The average molecular weight is 609 g/mol. The number of carbonyl (C=O) groups is 1. The fourth-order valence-corrected chi connectivity index (χ4v) is 7.32. The number of nitrogens with zero attached hydrogens (tertiary/aromatic N) is 1. The van der Waals surface area contributed by atoms with Gasteiger partial charge in [-0.25, -0.2) is 4.79 Å². The third-order valence-corrected chi connectivity index (χ3v) is 9.07. The lowest BCUT2D eigenvalue weighted by molar-refractivity contribution is -0.139. The molecule has 1 atom stereocenters. The summed E-state index contributed by atoms with van der Waals surface area (Å²) < 4.78 is 73.2. The van der Waals surface area contributed by atoms with Gasteiger partial charge in [-0.3, -0.25) is 9.46 Å². The van der Waals surface area contributed by atoms with Crippen molar-refractivity contribution < 1.29 is 36.3 Å². The fraction of sp³-hybridized carbons (Fsp3) is 0.452. The number of likely N-dealkylation sites (N-methyl/N-ethyl adjacent to an activating group) is 1. The van der Waals surface area contributed by atoms with E-state index in [1.165, 1.54) is 12.1 Å². The first-order valence-electron chi connectivity index (χ1n) is 13.8. The Morgan fingerprint density at radius 1 is 0.976 bits per heavy atom. The predicted molar refractivity (Wildman–Crippen MR) is 157 cm³/mol. The second-order valence-electron chi connectivity index (χ2n) is 10.9. The molecule has 1 aliphatic rings. The Labute approximate surface area is 246 Å². The Hall–Kier alpha value is -2.91. The van der Waals surface area contributed by atoms with Crippen molar-refractivity contribution in [3.05, 3.63) is 93.6 Å². The SMILES string of the molecule is CC1=C(C(=O)OCCN(C)Cc2ccccc2)C(c2cccc(C(F)(F)F)c2)C(P(=O)(OC(C)C)OC(C)C)=C(C)N1. The van der Waals surface area contributed by atoms with Gasteiger partial charge in [0, 0.05) is 24.5 Å². The molecule has 0 fully saturated rings. The highest BCUT2D eigenvalue weighted by atomic mass is 31.2. The van der Waals surface area contributed by atoms with Gasteiger partial charge in [0.2, 0.25) is 0 Å². The number of hydrogen-bond donors (Lipinski definition) is 1. The number of dihydropyridines is 1. The number of rotatable bonds is 12. The van der Waals surface area contributed by atoms with Crippen LogP contribution in [0.25, 0.3) is 0 Å². The Morgan fingerprint density at radius 3 is 2.17 bits per heavy atom. The van der Waals surface area contributed by atoms with Crippen molar-refractivity contribution in [2.24, 2.45) is 0 Å². The van der Waals surface area contributed by atoms with Crippen molar-refractivity contribution in [3.8, 4) is 0 Å². The summed E-state index contributed by atoms with van der Waals surface area (Å²) in [5, 5.41) is 3.15. The minimum absolute atomic E-state index is 0.0366. The first-order chi connectivity index (χ1) is 19.6. The topological polar surface area (TPSA) is 77.1 Å². The second kappa shape index (κ2) is 14.0. The zero-order valence-corrected chi connectivity index (χ0v) is 26.0. The summed E-state index contributed by atoms with van der Waals surface area (Å²) in [6, 6.07) is 14.5. The van der Waals surface area contributed by atoms with Gasteiger partial charge in [0.05, 0.1) is 34.6 Å². The zero-order valence-electron chi connectivity index (χ0n) is 25.1. The molecule has 3 rings (SSSR count). The number of halogens is 3. The molecule has 2 aromatic carbocycles. The number of ether oxygens (including phenoxy) is 1. The van der Waals surface area contributed by atoms with Crippen molar-refractivity contribution in [1.29, 1.82) is 0 Å². The van der Waals surface area contributed by atoms with E-state index < -0.39 is 43.4 Å². The normalized spacial score (nSPS) is 16.5. The summed E-state index contributed by atoms with van der Waals surface area (Å²) in [5.41, 5.74) is 1.12. The monoisotopic (exact) mass is 608 g/mol. The van der Waals surface area contributed by atoms with Crippen LogP contribution in [-0.4, -0.2) is 43.3 Å². The number of hydrogen-bond acceptors (Lipinski definition) is 7. The standard InChI is InChI=1S/C31H40F3N2O5P/c1-20(2)40-42(38,41-21(3)4)29-23(6)35-22(5)27(28(29)25-14-11-15-26(18-25)31(32,33)34)30(37)39-17-16-36(7)19-24-12-9-8-10-13-24/h8-15,18,20-21,28,35H,16-17,19H2,1-7H3. The first-order valence-corrected chi connectivity index (χ1v) is 15.4. The minimum atomic E-state index is -4.63. The van der Waals surface area contributed by atoms with Crippen LogP contribution >= 0.6 is 7.60 Å². The number of esters is 1. The molecule has 0 amide bonds. The smallest absolute Gasteiger partial charge is 0.416 e. The Morgan fingerprint density at radius 2 is 1.60 bits per heavy atom. The lowest BCUT2D eigenvalue weighted by atomic mass is 9.85. The van der Waals surface area contributed by atoms with Gasteiger partial charge in [-0.05, 0) is 65.8 Å². The maximum Gasteiger partial charge on any atom is 0.416 e. The fourth-order valence-electron chi connectivity index (χ4n) is 4.88. The highest BCUT2D eigenvalue weighted by molar-refractivity contribution is 7.58. The molecular formula is C31H40F3N2O5P. The molecule has 11 heteroatoms. The molecule has 0 radical (unpaired) electrons. The summed E-state index contributed by atoms with van der Waals surface area (Å²) in [4.78, 5) is 15.7. The number of alkyl halides is 3. The molecule has 230 valence electrons. The van der Waals surface area contributed by atoms with E-state index in [1.807, 2.05) is 42.3 Å². The maximum absolute atomic E-state index is 14.5. The van der Waals surface area contributed by atoms with Crippen LogP contribution < -0.4 is 5.32 Å². The number of nitrogens with one attached hydrogen (secondary N) is 1. The van der Waals surface area contributed by atoms with E-state index in [1.54, 1.807) is 41.5 Å². The maximum atomic E-state index is 14.5. The van der Waals surface area contributed by atoms with Crippen molar-refractivity contribution in [1.82, 2.24) is 10.2 Å². The van der Waals surface area contributed by atoms with Gasteiger partial charge in [0.15, 0.2) is 0 Å². The Bertz CT molecular complexity index is 1340. The van der Waals surface area contributed by atoms with Crippen molar-refractivity contribution in [2.45, 2.75) is 72.4 Å². The van der Waals surface area contributed by atoms with Gasteiger partial charge in [-0.1, -0.05) is 48.5 Å². The zero-order chi connectivity index (χ0) is 31.2. The molecule has 2 aromatic rings. The van der Waals surface area contributed by atoms with Gasteiger partial charge in [0.1, 0.15) is 6.61 Å². The number of allylic oxidation sites excluding steroid dienone is 3. The third-order valence-electron chi connectivity index (χ3n) is 6.49. The van der Waals surface area contributed by atoms with Gasteiger partial charge in [0.25, 0.3) is 0 Å². The molecule has 1 heterocycles. The molecule has 1 unspecified atom stereocenters. The highest BCUT2D eigenvalue weighted by Crippen LogP contribution is 2.65. The van der Waals surface area contributed by atoms with E-state index in [-0.39, 0.29) is 23.1 Å². The predicted octanol–water partition coefficient (Wildman–Crippen LogP) is 7.62. The van der Waals surface area contributed by atoms with Gasteiger partial charge in [-0.15, -0.1) is 0 Å². The molecule has 0 saturated carbocycles. The molecular weight excluding hydrogens is 568 g/mol. The Kier molecular flexibility index (Phi) is 11.2. The van der Waals surface area contributed by atoms with Gasteiger partial charge < -0.3 is 19.1 Å². The largest absolute Gasteiger partial charge is 0.461 e. The molecule has 0 aromatic heterocycles. The van der Waals surface area contributed by atoms with Gasteiger partial charge >= 0.3 is 19.7 Å². The van der Waals surface area contributed by atoms with Crippen LogP contribution in [0.5, 0.6) is 0 Å². The van der Waals surface area contributed by atoms with Crippen molar-refractivity contribution in [3.63, 3.8) is 0 Å². The lowest BCUT2D eigenvalue weighted by Crippen LogP contribution is -2.31. The van der Waals surface area contributed by atoms with Crippen molar-refractivity contribution >= 4 is 13.6 Å². The molecule has 1 N–H and O–H groups in total. The minimum Gasteiger partial charge on any atom is -0.461 e. The van der Waals surface area contributed by atoms with Crippen LogP contribution in [0.2, 0.25) is 0 Å². The molecule has 1 aliphatic heterocycles. The van der Waals surface area contributed by atoms with Crippen molar-refractivity contribution in [2.75, 3.05) is 20.2 Å². The molecule has 42 heavy (non-hydrogen) atoms. The van der Waals surface area contributed by atoms with E-state index >= 15 is 0 Å². The first kappa shape index (κ1) is 33.6. The molecule has 7 nitrogen and oxygen atoms in total. The van der Waals surface area contributed by atoms with E-state index in [0.29, 0.717) is 24.5 Å². The van der Waals surface area contributed by atoms with Crippen LogP contribution in [0, 0.1) is 0 Å². The molecule has 0 spiro atoms.